The third-order valence-corrected chi connectivity index (χ3v) is 3.65. The Morgan fingerprint density at radius 1 is 1.30 bits per heavy atom. The van der Waals surface area contributed by atoms with Gasteiger partial charge in [-0.2, -0.15) is 0 Å². The molecule has 2 rings (SSSR count). The van der Waals surface area contributed by atoms with Crippen molar-refractivity contribution in [2.75, 3.05) is 6.54 Å². The van der Waals surface area contributed by atoms with Crippen LogP contribution < -0.4 is 5.32 Å². The molecular weight excluding hydrogens is 248 g/mol. The van der Waals surface area contributed by atoms with Gasteiger partial charge in [-0.3, -0.25) is 4.98 Å². The van der Waals surface area contributed by atoms with Crippen LogP contribution in [0, 0.1) is 0 Å². The highest BCUT2D eigenvalue weighted by molar-refractivity contribution is 5.27. The second-order valence-electron chi connectivity index (χ2n) is 5.09. The Bertz CT molecular complexity index is 533. The molecule has 0 amide bonds. The lowest BCUT2D eigenvalue weighted by Gasteiger charge is -2.21. The molecule has 4 nitrogen and oxygen atoms in total. The molecule has 0 bridgehead atoms. The Morgan fingerprint density at radius 3 is 2.80 bits per heavy atom. The Kier molecular flexibility index (Phi) is 5.30. The maximum atomic E-state index is 4.45. The molecule has 2 aromatic heterocycles. The van der Waals surface area contributed by atoms with E-state index >= 15 is 0 Å². The molecule has 0 spiro atoms. The fraction of sp³-hybridized carbons (Fsp3) is 0.500. The number of nitrogens with zero attached hydrogens (tertiary/aromatic N) is 3. The Labute approximate surface area is 121 Å². The van der Waals surface area contributed by atoms with Gasteiger partial charge in [-0.1, -0.05) is 13.8 Å². The largest absolute Gasteiger partial charge is 0.338 e. The number of nitrogens with one attached hydrogen (secondary N) is 1. The zero-order valence-electron chi connectivity index (χ0n) is 12.6. The lowest BCUT2D eigenvalue weighted by atomic mass is 9.98. The lowest BCUT2D eigenvalue weighted by Crippen LogP contribution is -2.26. The first-order chi connectivity index (χ1) is 9.76. The quantitative estimate of drug-likeness (QED) is 0.842. The third kappa shape index (κ3) is 3.45. The molecule has 0 aromatic carbocycles. The van der Waals surface area contributed by atoms with Crippen molar-refractivity contribution in [1.82, 2.24) is 19.9 Å². The summed E-state index contributed by atoms with van der Waals surface area (Å²) in [6.45, 7) is 5.39. The molecule has 20 heavy (non-hydrogen) atoms. The van der Waals surface area contributed by atoms with Crippen LogP contribution in [0.5, 0.6) is 0 Å². The molecule has 0 aliphatic rings. The second kappa shape index (κ2) is 7.20. The van der Waals surface area contributed by atoms with Crippen LogP contribution in [-0.4, -0.2) is 21.1 Å². The number of hydrogen-bond donors (Lipinski definition) is 1. The van der Waals surface area contributed by atoms with Crippen LogP contribution in [0.15, 0.2) is 30.9 Å². The SMILES string of the molecule is CCCNC(Cc1nccn1C)c1ccncc1CC. The summed E-state index contributed by atoms with van der Waals surface area (Å²) in [6.07, 6.45) is 10.8. The fourth-order valence-corrected chi connectivity index (χ4v) is 2.46. The van der Waals surface area contributed by atoms with E-state index in [1.165, 1.54) is 11.1 Å². The molecule has 0 aliphatic heterocycles. The molecule has 1 unspecified atom stereocenters. The number of imidazole rings is 1. The molecule has 0 saturated heterocycles. The van der Waals surface area contributed by atoms with Gasteiger partial charge in [0.05, 0.1) is 0 Å². The monoisotopic (exact) mass is 272 g/mol. The van der Waals surface area contributed by atoms with Gasteiger partial charge in [-0.15, -0.1) is 0 Å². The van der Waals surface area contributed by atoms with Gasteiger partial charge in [0.25, 0.3) is 0 Å². The average molecular weight is 272 g/mol. The van der Waals surface area contributed by atoms with Crippen LogP contribution in [0.3, 0.4) is 0 Å². The van der Waals surface area contributed by atoms with E-state index in [0.29, 0.717) is 6.04 Å². The maximum Gasteiger partial charge on any atom is 0.110 e. The number of pyridine rings is 1. The van der Waals surface area contributed by atoms with Crippen molar-refractivity contribution in [3.05, 3.63) is 47.8 Å². The van der Waals surface area contributed by atoms with Crippen molar-refractivity contribution in [2.45, 2.75) is 39.2 Å². The zero-order valence-corrected chi connectivity index (χ0v) is 12.6. The molecule has 4 heteroatoms. The smallest absolute Gasteiger partial charge is 0.110 e. The van der Waals surface area contributed by atoms with Crippen LogP contribution in [0.4, 0.5) is 0 Å². The Balaban J connectivity index is 2.24. The van der Waals surface area contributed by atoms with Gasteiger partial charge in [0.1, 0.15) is 5.82 Å². The maximum absolute atomic E-state index is 4.45. The summed E-state index contributed by atoms with van der Waals surface area (Å²) in [4.78, 5) is 8.70. The minimum atomic E-state index is 0.300. The van der Waals surface area contributed by atoms with Crippen molar-refractivity contribution in [2.24, 2.45) is 7.05 Å². The molecule has 1 atom stereocenters. The van der Waals surface area contributed by atoms with Crippen LogP contribution in [0.2, 0.25) is 0 Å². The summed E-state index contributed by atoms with van der Waals surface area (Å²) in [5, 5.41) is 3.64. The predicted molar refractivity (Wildman–Crippen MR) is 81.6 cm³/mol. The molecule has 0 fully saturated rings. The standard InChI is InChI=1S/C16H24N4/c1-4-7-18-15(11-16-19-9-10-20(16)3)14-6-8-17-12-13(14)5-2/h6,8-10,12,15,18H,4-5,7,11H2,1-3H3. The first-order valence-electron chi connectivity index (χ1n) is 7.38. The van der Waals surface area contributed by atoms with Gasteiger partial charge in [-0.05, 0) is 36.6 Å². The summed E-state index contributed by atoms with van der Waals surface area (Å²) in [5.41, 5.74) is 2.66. The predicted octanol–water partition coefficient (Wildman–Crippen LogP) is 2.66. The van der Waals surface area contributed by atoms with Gasteiger partial charge in [0, 0.05) is 44.3 Å². The Morgan fingerprint density at radius 2 is 2.15 bits per heavy atom. The summed E-state index contributed by atoms with van der Waals surface area (Å²) in [6, 6.07) is 2.43. The van der Waals surface area contributed by atoms with E-state index in [-0.39, 0.29) is 0 Å². The van der Waals surface area contributed by atoms with E-state index in [1.807, 2.05) is 31.8 Å². The molecular formula is C16H24N4. The van der Waals surface area contributed by atoms with E-state index in [9.17, 15) is 0 Å². The third-order valence-electron chi connectivity index (χ3n) is 3.65. The van der Waals surface area contributed by atoms with Gasteiger partial charge in [0.15, 0.2) is 0 Å². The molecule has 1 N–H and O–H groups in total. The first kappa shape index (κ1) is 14.7. The summed E-state index contributed by atoms with van der Waals surface area (Å²) in [5.74, 6) is 1.11. The Hall–Kier alpha value is -1.68. The van der Waals surface area contributed by atoms with E-state index in [2.05, 4.69) is 39.8 Å². The second-order valence-corrected chi connectivity index (χ2v) is 5.09. The fourth-order valence-electron chi connectivity index (χ4n) is 2.46. The molecule has 0 saturated carbocycles. The van der Waals surface area contributed by atoms with Gasteiger partial charge in [-0.25, -0.2) is 4.98 Å². The molecule has 0 radical (unpaired) electrons. The van der Waals surface area contributed by atoms with Crippen LogP contribution in [0.25, 0.3) is 0 Å². The molecule has 2 heterocycles. The van der Waals surface area contributed by atoms with Gasteiger partial charge in [0.2, 0.25) is 0 Å². The first-order valence-corrected chi connectivity index (χ1v) is 7.38. The molecule has 108 valence electrons. The normalized spacial score (nSPS) is 12.6. The lowest BCUT2D eigenvalue weighted by molar-refractivity contribution is 0.508. The zero-order chi connectivity index (χ0) is 14.4. The van der Waals surface area contributed by atoms with Crippen LogP contribution >= 0.6 is 0 Å². The van der Waals surface area contributed by atoms with Crippen molar-refractivity contribution >= 4 is 0 Å². The van der Waals surface area contributed by atoms with E-state index < -0.39 is 0 Å². The highest BCUT2D eigenvalue weighted by atomic mass is 15.0. The summed E-state index contributed by atoms with van der Waals surface area (Å²) < 4.78 is 2.09. The van der Waals surface area contributed by atoms with Crippen LogP contribution in [0.1, 0.15) is 43.3 Å². The number of aromatic nitrogens is 3. The van der Waals surface area contributed by atoms with E-state index in [0.717, 1.165) is 31.6 Å². The number of rotatable bonds is 7. The van der Waals surface area contributed by atoms with Crippen molar-refractivity contribution in [1.29, 1.82) is 0 Å². The van der Waals surface area contributed by atoms with Gasteiger partial charge >= 0.3 is 0 Å². The van der Waals surface area contributed by atoms with Crippen molar-refractivity contribution in [3.63, 3.8) is 0 Å². The summed E-state index contributed by atoms with van der Waals surface area (Å²) >= 11 is 0. The van der Waals surface area contributed by atoms with E-state index in [1.54, 1.807) is 0 Å². The van der Waals surface area contributed by atoms with Crippen molar-refractivity contribution in [3.8, 4) is 0 Å². The topological polar surface area (TPSA) is 42.7 Å². The van der Waals surface area contributed by atoms with Crippen LogP contribution in [-0.2, 0) is 19.9 Å². The van der Waals surface area contributed by atoms with Gasteiger partial charge < -0.3 is 9.88 Å². The van der Waals surface area contributed by atoms with E-state index in [4.69, 9.17) is 0 Å². The van der Waals surface area contributed by atoms with Crippen molar-refractivity contribution < 1.29 is 0 Å². The average Bonchev–Trinajstić information content (AvgIpc) is 2.88. The minimum Gasteiger partial charge on any atom is -0.338 e. The number of hydrogen-bond acceptors (Lipinski definition) is 3. The molecule has 2 aromatic rings. The minimum absolute atomic E-state index is 0.300. The highest BCUT2D eigenvalue weighted by Crippen LogP contribution is 2.21. The summed E-state index contributed by atoms with van der Waals surface area (Å²) in [7, 11) is 2.05. The highest BCUT2D eigenvalue weighted by Gasteiger charge is 2.16. The number of aryl methyl sites for hydroxylation is 2. The molecule has 0 aliphatic carbocycles.